The van der Waals surface area contributed by atoms with Crippen LogP contribution >= 0.6 is 11.8 Å². The number of sulfonamides is 1. The molecule has 3 aromatic carbocycles. The summed E-state index contributed by atoms with van der Waals surface area (Å²) >= 11 is 1.12. The second-order valence-electron chi connectivity index (χ2n) is 8.74. The van der Waals surface area contributed by atoms with Gasteiger partial charge in [-0.05, 0) is 60.7 Å². The highest BCUT2D eigenvalue weighted by atomic mass is 32.2. The Bertz CT molecular complexity index is 1640. The molecular formula is C27H27FN6O5S2. The Morgan fingerprint density at radius 2 is 1.68 bits per heavy atom. The quantitative estimate of drug-likeness (QED) is 0.251. The highest BCUT2D eigenvalue weighted by Gasteiger charge is 2.21. The number of nitrogens with one attached hydrogen (secondary N) is 2. The molecule has 1 aromatic heterocycles. The number of aromatic nitrogens is 3. The summed E-state index contributed by atoms with van der Waals surface area (Å²) < 4.78 is 46.1. The molecule has 4 aromatic rings. The smallest absolute Gasteiger partial charge is 0.251 e. The van der Waals surface area contributed by atoms with Gasteiger partial charge in [-0.15, -0.1) is 10.2 Å². The summed E-state index contributed by atoms with van der Waals surface area (Å²) in [5.41, 5.74) is 1.32. The number of ether oxygens (including phenoxy) is 1. The first-order chi connectivity index (χ1) is 19.6. The third kappa shape index (κ3) is 7.09. The molecule has 0 aliphatic heterocycles. The van der Waals surface area contributed by atoms with E-state index >= 15 is 0 Å². The molecule has 2 N–H and O–H groups in total. The van der Waals surface area contributed by atoms with Crippen LogP contribution in [-0.4, -0.2) is 66.3 Å². The van der Waals surface area contributed by atoms with Crippen molar-refractivity contribution in [1.82, 2.24) is 24.4 Å². The molecule has 0 bridgehead atoms. The number of rotatable bonds is 11. The normalized spacial score (nSPS) is 11.3. The van der Waals surface area contributed by atoms with Crippen molar-refractivity contribution in [2.24, 2.45) is 0 Å². The number of carbonyl (C=O) groups excluding carboxylic acids is 2. The fourth-order valence-electron chi connectivity index (χ4n) is 3.68. The van der Waals surface area contributed by atoms with Gasteiger partial charge in [0.05, 0.1) is 30.0 Å². The third-order valence-corrected chi connectivity index (χ3v) is 8.55. The van der Waals surface area contributed by atoms with Gasteiger partial charge in [-0.3, -0.25) is 14.2 Å². The van der Waals surface area contributed by atoms with E-state index in [1.165, 1.54) is 69.7 Å². The number of amides is 2. The Morgan fingerprint density at radius 1 is 1.00 bits per heavy atom. The van der Waals surface area contributed by atoms with Gasteiger partial charge in [0.1, 0.15) is 11.6 Å². The van der Waals surface area contributed by atoms with E-state index in [2.05, 4.69) is 20.8 Å². The Labute approximate surface area is 240 Å². The molecule has 214 valence electrons. The first kappa shape index (κ1) is 29.7. The van der Waals surface area contributed by atoms with Crippen molar-refractivity contribution in [2.75, 3.05) is 32.3 Å². The lowest BCUT2D eigenvalue weighted by Gasteiger charge is -2.14. The average molecular weight is 599 g/mol. The fraction of sp³-hybridized carbons (Fsp3) is 0.185. The van der Waals surface area contributed by atoms with E-state index in [4.69, 9.17) is 4.74 Å². The van der Waals surface area contributed by atoms with Crippen molar-refractivity contribution in [3.8, 4) is 11.4 Å². The maximum Gasteiger partial charge on any atom is 0.251 e. The lowest BCUT2D eigenvalue weighted by atomic mass is 10.2. The molecule has 0 atom stereocenters. The van der Waals surface area contributed by atoms with Gasteiger partial charge in [0.15, 0.2) is 11.0 Å². The average Bonchev–Trinajstić information content (AvgIpc) is 3.38. The maximum absolute atomic E-state index is 13.2. The second kappa shape index (κ2) is 12.9. The fourth-order valence-corrected chi connectivity index (χ4v) is 5.34. The number of benzene rings is 3. The summed E-state index contributed by atoms with van der Waals surface area (Å²) in [6, 6.07) is 18.2. The number of methoxy groups -OCH3 is 1. The van der Waals surface area contributed by atoms with Crippen LogP contribution in [0, 0.1) is 5.82 Å². The number of anilines is 1. The summed E-state index contributed by atoms with van der Waals surface area (Å²) in [7, 11) is 0.756. The van der Waals surface area contributed by atoms with Crippen LogP contribution in [-0.2, 0) is 21.4 Å². The summed E-state index contributed by atoms with van der Waals surface area (Å²) in [5.74, 6) is -0.298. The Balaban J connectivity index is 1.52. The zero-order valence-corrected chi connectivity index (χ0v) is 24.0. The molecule has 2 amide bonds. The zero-order chi connectivity index (χ0) is 29.6. The van der Waals surface area contributed by atoms with Gasteiger partial charge in [0, 0.05) is 25.3 Å². The van der Waals surface area contributed by atoms with Crippen LogP contribution < -0.4 is 15.4 Å². The van der Waals surface area contributed by atoms with E-state index in [9.17, 15) is 22.4 Å². The first-order valence-corrected chi connectivity index (χ1v) is 14.6. The molecular weight excluding hydrogens is 571 g/mol. The Kier molecular flexibility index (Phi) is 9.37. The number of para-hydroxylation sites is 2. The lowest BCUT2D eigenvalue weighted by Crippen LogP contribution is -2.25. The SMILES string of the molecule is COc1ccccc1-n1c(CNC(=O)c2ccc(S(=O)(=O)N(C)C)cc2)nnc1SCC(=O)Nc1ccc(F)cc1. The third-order valence-electron chi connectivity index (χ3n) is 5.79. The summed E-state index contributed by atoms with van der Waals surface area (Å²) in [4.78, 5) is 25.5. The van der Waals surface area contributed by atoms with Gasteiger partial charge in [0.2, 0.25) is 15.9 Å². The van der Waals surface area contributed by atoms with Crippen molar-refractivity contribution in [1.29, 1.82) is 0 Å². The van der Waals surface area contributed by atoms with E-state index in [1.54, 1.807) is 28.8 Å². The van der Waals surface area contributed by atoms with Crippen molar-refractivity contribution >= 4 is 39.3 Å². The van der Waals surface area contributed by atoms with Crippen LogP contribution in [0.3, 0.4) is 0 Å². The van der Waals surface area contributed by atoms with Crippen LogP contribution in [0.1, 0.15) is 16.2 Å². The molecule has 41 heavy (non-hydrogen) atoms. The largest absolute Gasteiger partial charge is 0.495 e. The second-order valence-corrected chi connectivity index (χ2v) is 11.8. The van der Waals surface area contributed by atoms with E-state index in [-0.39, 0.29) is 28.7 Å². The molecule has 0 spiro atoms. The minimum Gasteiger partial charge on any atom is -0.495 e. The number of thioether (sulfide) groups is 1. The van der Waals surface area contributed by atoms with Crippen LogP contribution in [0.25, 0.3) is 5.69 Å². The van der Waals surface area contributed by atoms with E-state index in [0.717, 1.165) is 16.1 Å². The topological polar surface area (TPSA) is 136 Å². The Morgan fingerprint density at radius 3 is 2.34 bits per heavy atom. The zero-order valence-electron chi connectivity index (χ0n) is 22.4. The van der Waals surface area contributed by atoms with E-state index < -0.39 is 21.7 Å². The standard InChI is InChI=1S/C27H27FN6O5S2/c1-33(2)41(37,38)21-14-8-18(9-15-21)26(36)29-16-24-31-32-27(34(24)22-6-4-5-7-23(22)39-3)40-17-25(35)30-20-12-10-19(28)11-13-20/h4-15H,16-17H2,1-3H3,(H,29,36)(H,30,35). The summed E-state index contributed by atoms with van der Waals surface area (Å²) in [6.07, 6.45) is 0. The summed E-state index contributed by atoms with van der Waals surface area (Å²) in [6.45, 7) is -0.0238. The van der Waals surface area contributed by atoms with Gasteiger partial charge >= 0.3 is 0 Å². The number of hydrogen-bond acceptors (Lipinski definition) is 8. The summed E-state index contributed by atoms with van der Waals surface area (Å²) in [5, 5.41) is 14.3. The minimum absolute atomic E-state index is 0.0147. The van der Waals surface area contributed by atoms with Gasteiger partial charge < -0.3 is 15.4 Å². The maximum atomic E-state index is 13.2. The molecule has 4 rings (SSSR count). The van der Waals surface area contributed by atoms with Crippen LogP contribution in [0.15, 0.2) is 82.8 Å². The van der Waals surface area contributed by atoms with Gasteiger partial charge in [-0.1, -0.05) is 23.9 Å². The molecule has 0 unspecified atom stereocenters. The molecule has 0 aliphatic carbocycles. The molecule has 0 radical (unpaired) electrons. The van der Waals surface area contributed by atoms with Gasteiger partial charge in [-0.2, -0.15) is 0 Å². The first-order valence-electron chi connectivity index (χ1n) is 12.2. The van der Waals surface area contributed by atoms with Crippen molar-refractivity contribution in [2.45, 2.75) is 16.6 Å². The van der Waals surface area contributed by atoms with Crippen LogP contribution in [0.4, 0.5) is 10.1 Å². The van der Waals surface area contributed by atoms with Crippen molar-refractivity contribution in [3.63, 3.8) is 0 Å². The van der Waals surface area contributed by atoms with Crippen LogP contribution in [0.2, 0.25) is 0 Å². The van der Waals surface area contributed by atoms with E-state index in [0.29, 0.717) is 28.1 Å². The number of hydrogen-bond donors (Lipinski definition) is 2. The minimum atomic E-state index is -3.62. The lowest BCUT2D eigenvalue weighted by molar-refractivity contribution is -0.113. The molecule has 0 fully saturated rings. The number of carbonyl (C=O) groups is 2. The highest BCUT2D eigenvalue weighted by molar-refractivity contribution is 7.99. The molecule has 11 nitrogen and oxygen atoms in total. The highest BCUT2D eigenvalue weighted by Crippen LogP contribution is 2.29. The van der Waals surface area contributed by atoms with E-state index in [1.807, 2.05) is 0 Å². The van der Waals surface area contributed by atoms with Crippen molar-refractivity contribution in [3.05, 3.63) is 90.0 Å². The predicted molar refractivity (Wildman–Crippen MR) is 152 cm³/mol. The molecule has 0 saturated carbocycles. The molecule has 0 aliphatic rings. The Hall–Kier alpha value is -4.27. The van der Waals surface area contributed by atoms with Crippen molar-refractivity contribution < 1.29 is 27.1 Å². The molecule has 0 saturated heterocycles. The van der Waals surface area contributed by atoms with Gasteiger partial charge in [-0.25, -0.2) is 17.1 Å². The van der Waals surface area contributed by atoms with Crippen LogP contribution in [0.5, 0.6) is 5.75 Å². The number of nitrogens with zero attached hydrogens (tertiary/aromatic N) is 4. The number of halogens is 1. The molecule has 14 heteroatoms. The molecule has 1 heterocycles. The predicted octanol–water partition coefficient (Wildman–Crippen LogP) is 3.33. The van der Waals surface area contributed by atoms with Gasteiger partial charge in [0.25, 0.3) is 5.91 Å². The monoisotopic (exact) mass is 598 g/mol.